The molecule has 0 fully saturated rings. The van der Waals surface area contributed by atoms with E-state index in [1.54, 1.807) is 14.0 Å². The first-order valence-electron chi connectivity index (χ1n) is 8.80. The number of aryl methyl sites for hydroxylation is 2. The van der Waals surface area contributed by atoms with Gasteiger partial charge in [0, 0.05) is 7.05 Å². The summed E-state index contributed by atoms with van der Waals surface area (Å²) < 4.78 is 12.5. The Morgan fingerprint density at radius 3 is 2.74 bits per heavy atom. The van der Waals surface area contributed by atoms with E-state index in [2.05, 4.69) is 10.3 Å². The molecule has 0 aliphatic rings. The van der Waals surface area contributed by atoms with Gasteiger partial charge in [-0.25, -0.2) is 4.98 Å². The zero-order chi connectivity index (χ0) is 19.7. The minimum absolute atomic E-state index is 0.0637. The number of carbonyl (C=O) groups is 1. The average Bonchev–Trinajstić information content (AvgIpc) is 2.94. The number of hydrogen-bond donors (Lipinski definition) is 1. The number of fused-ring (bicyclic) bond motifs is 1. The Kier molecular flexibility index (Phi) is 5.03. The number of ether oxygens (including phenoxy) is 1. The molecular weight excluding hydrogens is 346 g/mol. The van der Waals surface area contributed by atoms with Gasteiger partial charge in [0.1, 0.15) is 23.2 Å². The molecule has 1 N–H and O–H groups in total. The van der Waals surface area contributed by atoms with Crippen LogP contribution < -0.4 is 15.6 Å². The number of nitrogens with zero attached hydrogens (tertiary/aromatic N) is 2. The molecule has 0 bridgehead atoms. The van der Waals surface area contributed by atoms with Crippen molar-refractivity contribution >= 4 is 17.0 Å². The standard InChI is InChI=1S/C20H23N3O4/c1-11(2)26-15-8-6-7-14(9-15)12(3)22-18(24)16-13(4)27-19-17(16)20(25)23(5)10-21-19/h6-12H,1-5H3,(H,22,24)/t12-/m0/s1. The van der Waals surface area contributed by atoms with E-state index in [0.29, 0.717) is 5.76 Å². The molecule has 0 spiro atoms. The molecule has 7 nitrogen and oxygen atoms in total. The van der Waals surface area contributed by atoms with Crippen LogP contribution >= 0.6 is 0 Å². The second kappa shape index (κ2) is 7.26. The Morgan fingerprint density at radius 1 is 1.30 bits per heavy atom. The molecule has 0 saturated carbocycles. The van der Waals surface area contributed by atoms with Crippen LogP contribution in [0.2, 0.25) is 0 Å². The van der Waals surface area contributed by atoms with Gasteiger partial charge in [0.25, 0.3) is 11.5 Å². The molecule has 0 aliphatic carbocycles. The third-order valence-corrected chi connectivity index (χ3v) is 4.25. The van der Waals surface area contributed by atoms with Crippen molar-refractivity contribution in [1.82, 2.24) is 14.9 Å². The number of aromatic nitrogens is 2. The van der Waals surface area contributed by atoms with E-state index in [1.807, 2.05) is 45.0 Å². The summed E-state index contributed by atoms with van der Waals surface area (Å²) in [4.78, 5) is 29.4. The predicted molar refractivity (Wildman–Crippen MR) is 102 cm³/mol. The second-order valence-electron chi connectivity index (χ2n) is 6.81. The smallest absolute Gasteiger partial charge is 0.265 e. The lowest BCUT2D eigenvalue weighted by Crippen LogP contribution is -2.28. The molecule has 142 valence electrons. The molecule has 1 aromatic carbocycles. The first kappa shape index (κ1) is 18.7. The zero-order valence-corrected chi connectivity index (χ0v) is 16.1. The molecule has 1 amide bonds. The van der Waals surface area contributed by atoms with Gasteiger partial charge in [-0.15, -0.1) is 0 Å². The van der Waals surface area contributed by atoms with Crippen molar-refractivity contribution in [2.45, 2.75) is 39.8 Å². The fourth-order valence-electron chi connectivity index (χ4n) is 2.94. The van der Waals surface area contributed by atoms with E-state index in [0.717, 1.165) is 11.3 Å². The lowest BCUT2D eigenvalue weighted by molar-refractivity contribution is 0.0939. The Morgan fingerprint density at radius 2 is 2.04 bits per heavy atom. The van der Waals surface area contributed by atoms with Crippen LogP contribution in [0.4, 0.5) is 0 Å². The van der Waals surface area contributed by atoms with Gasteiger partial charge in [0.05, 0.1) is 17.7 Å². The molecule has 0 saturated heterocycles. The predicted octanol–water partition coefficient (Wildman–Crippen LogP) is 3.11. The second-order valence-corrected chi connectivity index (χ2v) is 6.81. The number of nitrogens with one attached hydrogen (secondary N) is 1. The molecular formula is C20H23N3O4. The van der Waals surface area contributed by atoms with E-state index >= 15 is 0 Å². The monoisotopic (exact) mass is 369 g/mol. The van der Waals surface area contributed by atoms with Gasteiger partial charge in [0.15, 0.2) is 0 Å². The van der Waals surface area contributed by atoms with E-state index in [9.17, 15) is 9.59 Å². The van der Waals surface area contributed by atoms with Crippen molar-refractivity contribution in [3.05, 3.63) is 57.8 Å². The summed E-state index contributed by atoms with van der Waals surface area (Å²) >= 11 is 0. The first-order chi connectivity index (χ1) is 12.8. The number of rotatable bonds is 5. The van der Waals surface area contributed by atoms with Crippen molar-refractivity contribution in [2.24, 2.45) is 7.05 Å². The number of furan rings is 1. The summed E-state index contributed by atoms with van der Waals surface area (Å²) in [5.41, 5.74) is 0.973. The third-order valence-electron chi connectivity index (χ3n) is 4.25. The van der Waals surface area contributed by atoms with E-state index in [1.165, 1.54) is 10.9 Å². The third kappa shape index (κ3) is 3.72. The SMILES string of the molecule is Cc1oc2ncn(C)c(=O)c2c1C(=O)N[C@@H](C)c1cccc(OC(C)C)c1. The van der Waals surface area contributed by atoms with E-state index in [4.69, 9.17) is 9.15 Å². The lowest BCUT2D eigenvalue weighted by atomic mass is 10.1. The Labute approximate surface area is 157 Å². The fraction of sp³-hybridized carbons (Fsp3) is 0.350. The highest BCUT2D eigenvalue weighted by Gasteiger charge is 2.23. The molecule has 2 heterocycles. The zero-order valence-electron chi connectivity index (χ0n) is 16.1. The molecule has 0 aliphatic heterocycles. The highest BCUT2D eigenvalue weighted by atomic mass is 16.5. The molecule has 0 unspecified atom stereocenters. The van der Waals surface area contributed by atoms with Crippen molar-refractivity contribution in [2.75, 3.05) is 0 Å². The van der Waals surface area contributed by atoms with Gasteiger partial charge >= 0.3 is 0 Å². The maximum atomic E-state index is 12.9. The van der Waals surface area contributed by atoms with Crippen LogP contribution in [-0.2, 0) is 7.05 Å². The van der Waals surface area contributed by atoms with Gasteiger partial charge in [-0.3, -0.25) is 9.59 Å². The Bertz CT molecular complexity index is 1050. The van der Waals surface area contributed by atoms with Crippen LogP contribution in [0.15, 0.2) is 39.8 Å². The minimum Gasteiger partial charge on any atom is -0.491 e. The Hall–Kier alpha value is -3.09. The van der Waals surface area contributed by atoms with E-state index < -0.39 is 0 Å². The maximum Gasteiger partial charge on any atom is 0.265 e. The van der Waals surface area contributed by atoms with Gasteiger partial charge in [0.2, 0.25) is 5.71 Å². The fourth-order valence-corrected chi connectivity index (χ4v) is 2.94. The largest absolute Gasteiger partial charge is 0.491 e. The van der Waals surface area contributed by atoms with Gasteiger partial charge in [-0.1, -0.05) is 12.1 Å². The molecule has 3 rings (SSSR count). The summed E-state index contributed by atoms with van der Waals surface area (Å²) in [7, 11) is 1.58. The molecule has 27 heavy (non-hydrogen) atoms. The quantitative estimate of drug-likeness (QED) is 0.747. The molecule has 2 aromatic heterocycles. The van der Waals surface area contributed by atoms with Crippen molar-refractivity contribution < 1.29 is 13.9 Å². The van der Waals surface area contributed by atoms with Crippen LogP contribution in [0.1, 0.15) is 48.5 Å². The summed E-state index contributed by atoms with van der Waals surface area (Å²) in [6.45, 7) is 7.44. The molecule has 1 atom stereocenters. The molecule has 0 radical (unpaired) electrons. The van der Waals surface area contributed by atoms with Gasteiger partial charge in [-0.2, -0.15) is 0 Å². The average molecular weight is 369 g/mol. The van der Waals surface area contributed by atoms with Crippen molar-refractivity contribution in [3.63, 3.8) is 0 Å². The number of benzene rings is 1. The molecule has 7 heteroatoms. The Balaban J connectivity index is 1.90. The van der Waals surface area contributed by atoms with Crippen LogP contribution in [-0.4, -0.2) is 21.6 Å². The number of hydrogen-bond acceptors (Lipinski definition) is 5. The van der Waals surface area contributed by atoms with Crippen LogP contribution in [0.25, 0.3) is 11.1 Å². The number of carbonyl (C=O) groups excluding carboxylic acids is 1. The van der Waals surface area contributed by atoms with E-state index in [-0.39, 0.29) is 40.3 Å². The van der Waals surface area contributed by atoms with Gasteiger partial charge in [-0.05, 0) is 45.4 Å². The highest BCUT2D eigenvalue weighted by molar-refractivity contribution is 6.06. The van der Waals surface area contributed by atoms with Crippen molar-refractivity contribution in [1.29, 1.82) is 0 Å². The first-order valence-corrected chi connectivity index (χ1v) is 8.80. The number of amides is 1. The highest BCUT2D eigenvalue weighted by Crippen LogP contribution is 2.23. The minimum atomic E-state index is -0.376. The molecule has 3 aromatic rings. The summed E-state index contributed by atoms with van der Waals surface area (Å²) in [6.07, 6.45) is 1.44. The van der Waals surface area contributed by atoms with Gasteiger partial charge < -0.3 is 19.0 Å². The van der Waals surface area contributed by atoms with Crippen LogP contribution in [0, 0.1) is 6.92 Å². The van der Waals surface area contributed by atoms with Crippen LogP contribution in [0.5, 0.6) is 5.75 Å². The summed E-state index contributed by atoms with van der Waals surface area (Å²) in [6, 6.07) is 7.29. The normalized spacial score (nSPS) is 12.4. The topological polar surface area (TPSA) is 86.4 Å². The lowest BCUT2D eigenvalue weighted by Gasteiger charge is -2.16. The summed E-state index contributed by atoms with van der Waals surface area (Å²) in [5.74, 6) is 0.730. The van der Waals surface area contributed by atoms with Crippen molar-refractivity contribution in [3.8, 4) is 5.75 Å². The maximum absolute atomic E-state index is 12.9. The summed E-state index contributed by atoms with van der Waals surface area (Å²) in [5, 5.41) is 3.12. The van der Waals surface area contributed by atoms with Crippen LogP contribution in [0.3, 0.4) is 0 Å².